The third-order valence-electron chi connectivity index (χ3n) is 3.08. The largest absolute Gasteiger partial charge is 0.339 e. The predicted molar refractivity (Wildman–Crippen MR) is 67.8 cm³/mol. The van der Waals surface area contributed by atoms with Crippen molar-refractivity contribution in [1.82, 2.24) is 9.88 Å². The van der Waals surface area contributed by atoms with Crippen LogP contribution >= 0.6 is 0 Å². The lowest BCUT2D eigenvalue weighted by Crippen LogP contribution is -2.33. The van der Waals surface area contributed by atoms with E-state index in [2.05, 4.69) is 10.3 Å². The predicted octanol–water partition coefficient (Wildman–Crippen LogP) is 1.28. The van der Waals surface area contributed by atoms with Crippen molar-refractivity contribution in [2.75, 3.05) is 11.9 Å². The van der Waals surface area contributed by atoms with Crippen LogP contribution in [0.2, 0.25) is 0 Å². The van der Waals surface area contributed by atoms with Gasteiger partial charge in [0.15, 0.2) is 0 Å². The number of carbonyl (C=O) groups is 2. The first-order valence-electron chi connectivity index (χ1n) is 6.08. The van der Waals surface area contributed by atoms with Gasteiger partial charge in [0.2, 0.25) is 11.8 Å². The second kappa shape index (κ2) is 5.16. The Morgan fingerprint density at radius 1 is 1.56 bits per heavy atom. The van der Waals surface area contributed by atoms with E-state index in [0.717, 1.165) is 0 Å². The molecule has 1 unspecified atom stereocenters. The van der Waals surface area contributed by atoms with Gasteiger partial charge in [-0.15, -0.1) is 0 Å². The van der Waals surface area contributed by atoms with Crippen molar-refractivity contribution in [2.24, 2.45) is 5.92 Å². The minimum Gasteiger partial charge on any atom is -0.339 e. The van der Waals surface area contributed by atoms with Crippen molar-refractivity contribution < 1.29 is 9.59 Å². The zero-order valence-corrected chi connectivity index (χ0v) is 10.6. The maximum atomic E-state index is 12.0. The van der Waals surface area contributed by atoms with Gasteiger partial charge >= 0.3 is 0 Å². The molecule has 1 saturated heterocycles. The summed E-state index contributed by atoms with van der Waals surface area (Å²) in [7, 11) is 0. The van der Waals surface area contributed by atoms with Crippen LogP contribution < -0.4 is 5.32 Å². The number of likely N-dealkylation sites (tertiary alicyclic amines) is 1. The summed E-state index contributed by atoms with van der Waals surface area (Å²) in [5, 5.41) is 2.78. The molecule has 0 saturated carbocycles. The smallest absolute Gasteiger partial charge is 0.229 e. The van der Waals surface area contributed by atoms with Crippen LogP contribution in [0.5, 0.6) is 0 Å². The molecule has 2 amide bonds. The van der Waals surface area contributed by atoms with Gasteiger partial charge in [-0.2, -0.15) is 0 Å². The molecule has 1 aromatic heterocycles. The van der Waals surface area contributed by atoms with Crippen LogP contribution in [0.3, 0.4) is 0 Å². The average Bonchev–Trinajstić information content (AvgIpc) is 2.73. The van der Waals surface area contributed by atoms with Crippen molar-refractivity contribution in [3.63, 3.8) is 0 Å². The zero-order valence-electron chi connectivity index (χ0n) is 10.6. The fourth-order valence-corrected chi connectivity index (χ4v) is 2.09. The topological polar surface area (TPSA) is 62.3 Å². The first kappa shape index (κ1) is 12.5. The highest BCUT2D eigenvalue weighted by Crippen LogP contribution is 2.21. The lowest BCUT2D eigenvalue weighted by Gasteiger charge is -2.20. The summed E-state index contributed by atoms with van der Waals surface area (Å²) in [6.45, 7) is 4.42. The number of hydrogen-bond donors (Lipinski definition) is 1. The molecule has 1 aliphatic rings. The molecule has 2 heterocycles. The summed E-state index contributed by atoms with van der Waals surface area (Å²) in [5.41, 5.74) is 0.665. The molecular weight excluding hydrogens is 230 g/mol. The summed E-state index contributed by atoms with van der Waals surface area (Å²) in [6, 6.07) is 3.69. The van der Waals surface area contributed by atoms with Crippen LogP contribution in [0.1, 0.15) is 20.3 Å². The number of rotatable bonds is 3. The van der Waals surface area contributed by atoms with Gasteiger partial charge in [-0.05, 0) is 26.0 Å². The van der Waals surface area contributed by atoms with Gasteiger partial charge < -0.3 is 10.2 Å². The Bertz CT molecular complexity index is 445. The summed E-state index contributed by atoms with van der Waals surface area (Å²) in [6.07, 6.45) is 3.54. The molecule has 5 nitrogen and oxygen atoms in total. The van der Waals surface area contributed by atoms with Crippen LogP contribution in [0.15, 0.2) is 24.5 Å². The van der Waals surface area contributed by atoms with E-state index < -0.39 is 0 Å². The van der Waals surface area contributed by atoms with E-state index in [4.69, 9.17) is 0 Å². The van der Waals surface area contributed by atoms with Gasteiger partial charge in [0.1, 0.15) is 0 Å². The molecule has 1 N–H and O–H groups in total. The molecule has 0 bridgehead atoms. The van der Waals surface area contributed by atoms with Gasteiger partial charge in [-0.3, -0.25) is 14.6 Å². The summed E-state index contributed by atoms with van der Waals surface area (Å²) >= 11 is 0. The number of amides is 2. The standard InChI is InChI=1S/C13H17N3O2/c1-9(2)16-8-10(6-12(16)17)13(18)15-11-4-3-5-14-7-11/h3-5,7,9-10H,6,8H2,1-2H3,(H,15,18). The molecule has 0 radical (unpaired) electrons. The van der Waals surface area contributed by atoms with E-state index in [1.807, 2.05) is 13.8 Å². The van der Waals surface area contributed by atoms with Crippen LogP contribution in [0.25, 0.3) is 0 Å². The Balaban J connectivity index is 1.97. The molecular formula is C13H17N3O2. The van der Waals surface area contributed by atoms with Gasteiger partial charge in [0.25, 0.3) is 0 Å². The fraction of sp³-hybridized carbons (Fsp3) is 0.462. The highest BCUT2D eigenvalue weighted by atomic mass is 16.2. The van der Waals surface area contributed by atoms with Gasteiger partial charge in [-0.25, -0.2) is 0 Å². The Hall–Kier alpha value is -1.91. The first-order chi connectivity index (χ1) is 8.58. The molecule has 0 aromatic carbocycles. The van der Waals surface area contributed by atoms with E-state index in [1.54, 1.807) is 29.4 Å². The number of pyridine rings is 1. The Labute approximate surface area is 106 Å². The third-order valence-corrected chi connectivity index (χ3v) is 3.08. The van der Waals surface area contributed by atoms with Crippen molar-refractivity contribution >= 4 is 17.5 Å². The number of nitrogens with one attached hydrogen (secondary N) is 1. The van der Waals surface area contributed by atoms with E-state index in [9.17, 15) is 9.59 Å². The molecule has 0 aliphatic carbocycles. The monoisotopic (exact) mass is 247 g/mol. The number of nitrogens with zero attached hydrogens (tertiary/aromatic N) is 2. The lowest BCUT2D eigenvalue weighted by atomic mass is 10.1. The lowest BCUT2D eigenvalue weighted by molar-refractivity contribution is -0.129. The number of anilines is 1. The zero-order chi connectivity index (χ0) is 13.1. The molecule has 5 heteroatoms. The number of aromatic nitrogens is 1. The summed E-state index contributed by atoms with van der Waals surface area (Å²) in [5.74, 6) is -0.323. The Morgan fingerprint density at radius 3 is 2.89 bits per heavy atom. The summed E-state index contributed by atoms with van der Waals surface area (Å²) < 4.78 is 0. The average molecular weight is 247 g/mol. The van der Waals surface area contributed by atoms with Gasteiger partial charge in [0, 0.05) is 25.2 Å². The molecule has 0 spiro atoms. The SMILES string of the molecule is CC(C)N1CC(C(=O)Nc2cccnc2)CC1=O. The van der Waals surface area contributed by atoms with Crippen molar-refractivity contribution in [1.29, 1.82) is 0 Å². The van der Waals surface area contributed by atoms with E-state index in [0.29, 0.717) is 18.7 Å². The van der Waals surface area contributed by atoms with Crippen molar-refractivity contribution in [3.8, 4) is 0 Å². The normalized spacial score (nSPS) is 19.4. The number of hydrogen-bond acceptors (Lipinski definition) is 3. The quantitative estimate of drug-likeness (QED) is 0.875. The third kappa shape index (κ3) is 2.67. The maximum absolute atomic E-state index is 12.0. The van der Waals surface area contributed by atoms with E-state index in [1.165, 1.54) is 0 Å². The highest BCUT2D eigenvalue weighted by molar-refractivity contribution is 5.97. The molecule has 1 aromatic rings. The molecule has 2 rings (SSSR count). The van der Waals surface area contributed by atoms with Crippen LogP contribution in [0, 0.1) is 5.92 Å². The molecule has 1 atom stereocenters. The van der Waals surface area contributed by atoms with Crippen LogP contribution in [-0.2, 0) is 9.59 Å². The van der Waals surface area contributed by atoms with Gasteiger partial charge in [0.05, 0.1) is 17.8 Å². The second-order valence-corrected chi connectivity index (χ2v) is 4.77. The molecule has 18 heavy (non-hydrogen) atoms. The van der Waals surface area contributed by atoms with Crippen LogP contribution in [-0.4, -0.2) is 34.3 Å². The van der Waals surface area contributed by atoms with Crippen molar-refractivity contribution in [3.05, 3.63) is 24.5 Å². The highest BCUT2D eigenvalue weighted by Gasteiger charge is 2.35. The molecule has 1 aliphatic heterocycles. The minimum absolute atomic E-state index is 0.0522. The first-order valence-corrected chi connectivity index (χ1v) is 6.08. The Kier molecular flexibility index (Phi) is 3.60. The molecule has 1 fully saturated rings. The van der Waals surface area contributed by atoms with E-state index in [-0.39, 0.29) is 23.8 Å². The fourth-order valence-electron chi connectivity index (χ4n) is 2.09. The van der Waals surface area contributed by atoms with E-state index >= 15 is 0 Å². The number of carbonyl (C=O) groups excluding carboxylic acids is 2. The molecule has 96 valence electrons. The second-order valence-electron chi connectivity index (χ2n) is 4.77. The minimum atomic E-state index is -0.264. The maximum Gasteiger partial charge on any atom is 0.229 e. The van der Waals surface area contributed by atoms with Crippen molar-refractivity contribution in [2.45, 2.75) is 26.3 Å². The van der Waals surface area contributed by atoms with Gasteiger partial charge in [-0.1, -0.05) is 0 Å². The summed E-state index contributed by atoms with van der Waals surface area (Å²) in [4.78, 5) is 29.4. The van der Waals surface area contributed by atoms with Crippen LogP contribution in [0.4, 0.5) is 5.69 Å². The Morgan fingerprint density at radius 2 is 2.33 bits per heavy atom.